The molecule has 0 N–H and O–H groups in total. The van der Waals surface area contributed by atoms with E-state index in [1.807, 2.05) is 37.8 Å². The molecule has 4 rings (SSSR count). The molecule has 0 bridgehead atoms. The van der Waals surface area contributed by atoms with Gasteiger partial charge in [0.2, 0.25) is 15.9 Å². The topological polar surface area (TPSA) is 73.4 Å². The molecule has 1 atom stereocenters. The molecule has 0 aliphatic carbocycles. The molecular formula is C26H42N4O4S. The van der Waals surface area contributed by atoms with Crippen LogP contribution in [0.4, 0.5) is 0 Å². The van der Waals surface area contributed by atoms with Crippen LogP contribution in [0.1, 0.15) is 42.4 Å². The number of amides is 1. The van der Waals surface area contributed by atoms with Gasteiger partial charge >= 0.3 is 0 Å². The Morgan fingerprint density at radius 2 is 1.49 bits per heavy atom. The molecule has 3 aliphatic rings. The highest BCUT2D eigenvalue weighted by molar-refractivity contribution is 7.89. The fourth-order valence-corrected chi connectivity index (χ4v) is 7.96. The molecule has 3 fully saturated rings. The first-order valence-electron chi connectivity index (χ1n) is 13.2. The second-order valence-corrected chi connectivity index (χ2v) is 12.3. The SMILES string of the molecule is Cc1cc(C)c(S(=O)(=O)N2CCC[C@H]2COCC(=O)N2CCN(CCN3CCCC3)CC2)c(C)c1. The minimum atomic E-state index is -3.61. The number of likely N-dealkylation sites (tertiary alicyclic amines) is 1. The maximum absolute atomic E-state index is 13.5. The van der Waals surface area contributed by atoms with Gasteiger partial charge in [-0.15, -0.1) is 0 Å². The summed E-state index contributed by atoms with van der Waals surface area (Å²) in [7, 11) is -3.61. The maximum atomic E-state index is 13.5. The molecule has 35 heavy (non-hydrogen) atoms. The molecule has 8 nitrogen and oxygen atoms in total. The highest BCUT2D eigenvalue weighted by atomic mass is 32.2. The zero-order valence-electron chi connectivity index (χ0n) is 21.7. The van der Waals surface area contributed by atoms with Gasteiger partial charge in [-0.1, -0.05) is 17.7 Å². The third-order valence-electron chi connectivity index (χ3n) is 7.69. The van der Waals surface area contributed by atoms with Crippen molar-refractivity contribution in [3.05, 3.63) is 28.8 Å². The Hall–Kier alpha value is -1.52. The minimum Gasteiger partial charge on any atom is -0.370 e. The largest absolute Gasteiger partial charge is 0.370 e. The predicted molar refractivity (Wildman–Crippen MR) is 137 cm³/mol. The second-order valence-electron chi connectivity index (χ2n) is 10.4. The number of piperazine rings is 1. The number of ether oxygens (including phenoxy) is 1. The lowest BCUT2D eigenvalue weighted by Crippen LogP contribution is -2.51. The van der Waals surface area contributed by atoms with E-state index in [-0.39, 0.29) is 25.2 Å². The van der Waals surface area contributed by atoms with Crippen LogP contribution in [0.3, 0.4) is 0 Å². The van der Waals surface area contributed by atoms with Crippen molar-refractivity contribution < 1.29 is 17.9 Å². The van der Waals surface area contributed by atoms with E-state index in [1.54, 1.807) is 4.31 Å². The number of hydrogen-bond acceptors (Lipinski definition) is 6. The number of carbonyl (C=O) groups is 1. The molecule has 1 aromatic carbocycles. The minimum absolute atomic E-state index is 0.00169. The molecule has 0 aromatic heterocycles. The van der Waals surface area contributed by atoms with Gasteiger partial charge in [0, 0.05) is 51.9 Å². The summed E-state index contributed by atoms with van der Waals surface area (Å²) in [5.74, 6) is 0.00169. The van der Waals surface area contributed by atoms with Crippen molar-refractivity contribution in [1.82, 2.24) is 19.0 Å². The summed E-state index contributed by atoms with van der Waals surface area (Å²) in [5, 5.41) is 0. The van der Waals surface area contributed by atoms with Crippen molar-refractivity contribution in [3.63, 3.8) is 0 Å². The van der Waals surface area contributed by atoms with E-state index in [2.05, 4.69) is 9.80 Å². The molecule has 196 valence electrons. The van der Waals surface area contributed by atoms with Crippen LogP contribution in [0, 0.1) is 20.8 Å². The summed E-state index contributed by atoms with van der Waals surface area (Å²) >= 11 is 0. The first-order valence-corrected chi connectivity index (χ1v) is 14.6. The summed E-state index contributed by atoms with van der Waals surface area (Å²) in [6.07, 6.45) is 4.20. The first-order chi connectivity index (χ1) is 16.8. The molecule has 0 spiro atoms. The number of benzene rings is 1. The Labute approximate surface area is 211 Å². The Balaban J connectivity index is 1.23. The monoisotopic (exact) mass is 506 g/mol. The van der Waals surface area contributed by atoms with Crippen molar-refractivity contribution in [2.75, 3.05) is 72.1 Å². The Morgan fingerprint density at radius 3 is 2.11 bits per heavy atom. The third-order valence-corrected chi connectivity index (χ3v) is 9.94. The fraction of sp³-hybridized carbons (Fsp3) is 0.731. The van der Waals surface area contributed by atoms with Crippen molar-refractivity contribution in [2.45, 2.75) is 57.4 Å². The smallest absolute Gasteiger partial charge is 0.248 e. The Morgan fingerprint density at radius 1 is 0.886 bits per heavy atom. The van der Waals surface area contributed by atoms with Crippen LogP contribution >= 0.6 is 0 Å². The van der Waals surface area contributed by atoms with Crippen molar-refractivity contribution in [2.24, 2.45) is 0 Å². The molecule has 0 radical (unpaired) electrons. The highest BCUT2D eigenvalue weighted by Crippen LogP contribution is 2.30. The van der Waals surface area contributed by atoms with Gasteiger partial charge in [0.25, 0.3) is 0 Å². The molecule has 9 heteroatoms. The van der Waals surface area contributed by atoms with Crippen LogP contribution in [-0.2, 0) is 19.6 Å². The number of sulfonamides is 1. The van der Waals surface area contributed by atoms with Gasteiger partial charge < -0.3 is 14.5 Å². The molecule has 0 saturated carbocycles. The lowest BCUT2D eigenvalue weighted by Gasteiger charge is -2.35. The molecule has 0 unspecified atom stereocenters. The van der Waals surface area contributed by atoms with E-state index < -0.39 is 10.0 Å². The van der Waals surface area contributed by atoms with Gasteiger partial charge in [-0.3, -0.25) is 9.69 Å². The fourth-order valence-electron chi connectivity index (χ4n) is 5.87. The molecule has 3 saturated heterocycles. The van der Waals surface area contributed by atoms with Gasteiger partial charge in [0.05, 0.1) is 11.5 Å². The summed E-state index contributed by atoms with van der Waals surface area (Å²) in [5.41, 5.74) is 2.62. The predicted octanol–water partition coefficient (Wildman–Crippen LogP) is 2.02. The van der Waals surface area contributed by atoms with Gasteiger partial charge in [-0.2, -0.15) is 4.31 Å². The summed E-state index contributed by atoms with van der Waals surface area (Å²) in [6.45, 7) is 14.4. The van der Waals surface area contributed by atoms with Crippen LogP contribution in [0.2, 0.25) is 0 Å². The second kappa shape index (κ2) is 11.7. The average Bonchev–Trinajstić information content (AvgIpc) is 3.49. The number of aryl methyl sites for hydroxylation is 3. The van der Waals surface area contributed by atoms with E-state index in [0.29, 0.717) is 11.4 Å². The van der Waals surface area contributed by atoms with E-state index in [0.717, 1.165) is 68.8 Å². The number of rotatable bonds is 9. The van der Waals surface area contributed by atoms with Crippen LogP contribution in [0.15, 0.2) is 17.0 Å². The van der Waals surface area contributed by atoms with E-state index in [4.69, 9.17) is 4.74 Å². The zero-order valence-corrected chi connectivity index (χ0v) is 22.5. The normalized spacial score (nSPS) is 22.8. The summed E-state index contributed by atoms with van der Waals surface area (Å²) in [4.78, 5) is 20.0. The highest BCUT2D eigenvalue weighted by Gasteiger charge is 2.37. The quantitative estimate of drug-likeness (QED) is 0.510. The van der Waals surface area contributed by atoms with Gasteiger partial charge in [0.15, 0.2) is 0 Å². The standard InChI is InChI=1S/C26H42N4O4S/c1-21-17-22(2)26(23(3)18-21)35(32,33)30-10-6-7-24(30)19-34-20-25(31)29-15-13-28(14-16-29)12-11-27-8-4-5-9-27/h17-18,24H,4-16,19-20H2,1-3H3/t24-/m0/s1. The lowest BCUT2D eigenvalue weighted by molar-refractivity contribution is -0.138. The maximum Gasteiger partial charge on any atom is 0.248 e. The number of nitrogens with zero attached hydrogens (tertiary/aromatic N) is 4. The molecule has 1 amide bonds. The van der Waals surface area contributed by atoms with Crippen LogP contribution < -0.4 is 0 Å². The molecular weight excluding hydrogens is 464 g/mol. The van der Waals surface area contributed by atoms with E-state index in [1.165, 1.54) is 25.9 Å². The first kappa shape index (κ1) is 26.5. The zero-order chi connectivity index (χ0) is 25.0. The average molecular weight is 507 g/mol. The van der Waals surface area contributed by atoms with Gasteiger partial charge in [0.1, 0.15) is 6.61 Å². The molecule has 3 heterocycles. The van der Waals surface area contributed by atoms with Gasteiger partial charge in [-0.05, 0) is 70.7 Å². The van der Waals surface area contributed by atoms with E-state index >= 15 is 0 Å². The van der Waals surface area contributed by atoms with Gasteiger partial charge in [-0.25, -0.2) is 8.42 Å². The van der Waals surface area contributed by atoms with Crippen LogP contribution in [-0.4, -0.2) is 111 Å². The molecule has 1 aromatic rings. The lowest BCUT2D eigenvalue weighted by atomic mass is 10.1. The summed E-state index contributed by atoms with van der Waals surface area (Å²) < 4.78 is 34.4. The Bertz CT molecular complexity index is 962. The summed E-state index contributed by atoms with van der Waals surface area (Å²) in [6, 6.07) is 3.62. The molecule has 3 aliphatic heterocycles. The van der Waals surface area contributed by atoms with Crippen LogP contribution in [0.25, 0.3) is 0 Å². The third kappa shape index (κ3) is 6.43. The van der Waals surface area contributed by atoms with Crippen LogP contribution in [0.5, 0.6) is 0 Å². The van der Waals surface area contributed by atoms with Crippen molar-refractivity contribution >= 4 is 15.9 Å². The number of carbonyl (C=O) groups excluding carboxylic acids is 1. The number of hydrogen-bond donors (Lipinski definition) is 0. The Kier molecular flexibility index (Phi) is 8.86. The van der Waals surface area contributed by atoms with E-state index in [9.17, 15) is 13.2 Å². The van der Waals surface area contributed by atoms with Crippen molar-refractivity contribution in [1.29, 1.82) is 0 Å². The van der Waals surface area contributed by atoms with Crippen molar-refractivity contribution in [3.8, 4) is 0 Å².